The summed E-state index contributed by atoms with van der Waals surface area (Å²) >= 11 is 0. The summed E-state index contributed by atoms with van der Waals surface area (Å²) in [5, 5.41) is -5.39. The Balaban J connectivity index is 5.30. The Hall–Kier alpha value is -0.780. The number of rotatable bonds is 3. The first-order chi connectivity index (χ1) is 6.89. The number of hydrogen-bond acceptors (Lipinski definition) is 2. The average molecular weight is 268 g/mol. The lowest BCUT2D eigenvalue weighted by atomic mass is 10.8. The Bertz CT molecular complexity index is 194. The lowest BCUT2D eigenvalue weighted by molar-refractivity contribution is -0.461. The summed E-state index contributed by atoms with van der Waals surface area (Å²) in [6.07, 6.45) is -12.6. The second-order valence-corrected chi connectivity index (χ2v) is 2.18. The molecule has 0 amide bonds. The summed E-state index contributed by atoms with van der Waals surface area (Å²) in [5.41, 5.74) is 0. The lowest BCUT2D eigenvalue weighted by Gasteiger charge is -2.34. The van der Waals surface area contributed by atoms with E-state index in [1.807, 2.05) is 0 Å². The molecule has 0 heterocycles. The summed E-state index contributed by atoms with van der Waals surface area (Å²) in [6.45, 7) is -9.62. The maximum Gasteiger partial charge on any atom is 0.478 e. The number of hydrogen-bond donors (Lipinski definition) is 0. The first-order valence-electron chi connectivity index (χ1n) is 3.17. The molecule has 16 heavy (non-hydrogen) atoms. The Labute approximate surface area is 81.0 Å². The molecular formula is C4H2F10N2. The van der Waals surface area contributed by atoms with Crippen molar-refractivity contribution in [1.82, 2.24) is 10.0 Å². The number of halogens is 10. The molecule has 0 unspecified atom stereocenters. The zero-order valence-corrected chi connectivity index (χ0v) is 6.83. The highest BCUT2D eigenvalue weighted by atomic mass is 19.4. The summed E-state index contributed by atoms with van der Waals surface area (Å²) < 4.78 is 117. The number of nitrogens with zero attached hydrogens (tertiary/aromatic N) is 2. The van der Waals surface area contributed by atoms with Crippen LogP contribution in [-0.4, -0.2) is 35.7 Å². The van der Waals surface area contributed by atoms with Crippen LogP contribution in [0.5, 0.6) is 0 Å². The van der Waals surface area contributed by atoms with Crippen LogP contribution in [-0.2, 0) is 0 Å². The predicted octanol–water partition coefficient (Wildman–Crippen LogP) is 2.99. The summed E-state index contributed by atoms with van der Waals surface area (Å²) in [5.74, 6) is 0. The van der Waals surface area contributed by atoms with E-state index in [4.69, 9.17) is 0 Å². The first-order valence-corrected chi connectivity index (χ1v) is 3.17. The monoisotopic (exact) mass is 268 g/mol. The smallest absolute Gasteiger partial charge is 0.190 e. The molecule has 0 saturated carbocycles. The van der Waals surface area contributed by atoms with Gasteiger partial charge in [0.15, 0.2) is 0 Å². The van der Waals surface area contributed by atoms with E-state index in [0.717, 1.165) is 0 Å². The minimum atomic E-state index is -6.29. The van der Waals surface area contributed by atoms with E-state index in [1.54, 1.807) is 0 Å². The molecule has 0 rings (SSSR count). The molecule has 0 aromatic heterocycles. The van der Waals surface area contributed by atoms with Gasteiger partial charge < -0.3 is 0 Å². The van der Waals surface area contributed by atoms with Crippen molar-refractivity contribution in [2.24, 2.45) is 0 Å². The van der Waals surface area contributed by atoms with Crippen molar-refractivity contribution >= 4 is 0 Å². The second-order valence-electron chi connectivity index (χ2n) is 2.18. The van der Waals surface area contributed by atoms with Crippen LogP contribution in [0.3, 0.4) is 0 Å². The molecule has 12 heteroatoms. The van der Waals surface area contributed by atoms with Gasteiger partial charge in [-0.25, -0.2) is 0 Å². The van der Waals surface area contributed by atoms with Crippen molar-refractivity contribution in [3.8, 4) is 0 Å². The Morgan fingerprint density at radius 3 is 0.812 bits per heavy atom. The third-order valence-corrected chi connectivity index (χ3v) is 1.12. The van der Waals surface area contributed by atoms with E-state index >= 15 is 0 Å². The molecule has 98 valence electrons. The van der Waals surface area contributed by atoms with Crippen molar-refractivity contribution < 1.29 is 43.9 Å². The highest BCUT2D eigenvalue weighted by Crippen LogP contribution is 2.36. The average Bonchev–Trinajstić information content (AvgIpc) is 1.92. The molecule has 0 atom stereocenters. The zero-order chi connectivity index (χ0) is 13.3. The van der Waals surface area contributed by atoms with Gasteiger partial charge in [-0.05, 0) is 0 Å². The fraction of sp³-hybridized carbons (Fsp3) is 1.00. The maximum absolute atomic E-state index is 11.7. The molecule has 0 saturated heterocycles. The fourth-order valence-corrected chi connectivity index (χ4v) is 0.654. The third kappa shape index (κ3) is 3.66. The molecule has 0 spiro atoms. The summed E-state index contributed by atoms with van der Waals surface area (Å²) in [7, 11) is 0. The van der Waals surface area contributed by atoms with Gasteiger partial charge in [-0.1, -0.05) is 10.0 Å². The largest absolute Gasteiger partial charge is 0.478 e. The molecule has 2 nitrogen and oxygen atoms in total. The molecule has 0 aliphatic rings. The van der Waals surface area contributed by atoms with Crippen molar-refractivity contribution in [3.05, 3.63) is 0 Å². The third-order valence-electron chi connectivity index (χ3n) is 1.12. The van der Waals surface area contributed by atoms with E-state index in [2.05, 4.69) is 0 Å². The van der Waals surface area contributed by atoms with Crippen LogP contribution in [0.15, 0.2) is 0 Å². The normalized spacial score (nSPS) is 14.6. The van der Waals surface area contributed by atoms with E-state index in [9.17, 15) is 43.9 Å². The molecular weight excluding hydrogens is 266 g/mol. The van der Waals surface area contributed by atoms with Crippen LogP contribution < -0.4 is 0 Å². The van der Waals surface area contributed by atoms with E-state index in [0.29, 0.717) is 0 Å². The van der Waals surface area contributed by atoms with Crippen LogP contribution >= 0.6 is 0 Å². The standard InChI is InChI=1S/C4H2F10N2/c5-1(6)15(3(9,10)11)16(2(7)8)4(12,13)14/h1-2H. The van der Waals surface area contributed by atoms with Crippen molar-refractivity contribution in [1.29, 1.82) is 0 Å². The Morgan fingerprint density at radius 1 is 0.562 bits per heavy atom. The van der Waals surface area contributed by atoms with Crippen molar-refractivity contribution in [2.75, 3.05) is 0 Å². The van der Waals surface area contributed by atoms with Gasteiger partial charge in [-0.2, -0.15) is 43.9 Å². The van der Waals surface area contributed by atoms with Crippen LogP contribution in [0.25, 0.3) is 0 Å². The van der Waals surface area contributed by atoms with Crippen molar-refractivity contribution in [2.45, 2.75) is 25.7 Å². The van der Waals surface area contributed by atoms with Crippen LogP contribution in [0, 0.1) is 0 Å². The Kier molecular flexibility index (Phi) is 4.38. The number of alkyl halides is 10. The van der Waals surface area contributed by atoms with Crippen LogP contribution in [0.1, 0.15) is 0 Å². The van der Waals surface area contributed by atoms with Crippen LogP contribution in [0.4, 0.5) is 43.9 Å². The molecule has 0 aromatic carbocycles. The minimum Gasteiger partial charge on any atom is -0.190 e. The summed E-state index contributed by atoms with van der Waals surface area (Å²) in [6, 6.07) is 0. The zero-order valence-electron chi connectivity index (χ0n) is 6.83. The fourth-order valence-electron chi connectivity index (χ4n) is 0.654. The molecule has 0 aromatic rings. The van der Waals surface area contributed by atoms with Gasteiger partial charge in [0, 0.05) is 0 Å². The highest BCUT2D eigenvalue weighted by molar-refractivity contribution is 4.61. The van der Waals surface area contributed by atoms with Gasteiger partial charge in [0.25, 0.3) is 0 Å². The van der Waals surface area contributed by atoms with E-state index in [-0.39, 0.29) is 0 Å². The molecule has 0 aliphatic carbocycles. The maximum atomic E-state index is 11.7. The van der Waals surface area contributed by atoms with Gasteiger partial charge in [0.05, 0.1) is 0 Å². The molecule has 0 radical (unpaired) electrons. The highest BCUT2D eigenvalue weighted by Gasteiger charge is 2.58. The van der Waals surface area contributed by atoms with Gasteiger partial charge in [0.2, 0.25) is 0 Å². The lowest BCUT2D eigenvalue weighted by Crippen LogP contribution is -2.60. The Morgan fingerprint density at radius 2 is 0.750 bits per heavy atom. The van der Waals surface area contributed by atoms with Gasteiger partial charge in [-0.15, -0.1) is 0 Å². The molecule has 0 bridgehead atoms. The van der Waals surface area contributed by atoms with E-state index in [1.165, 1.54) is 0 Å². The SMILES string of the molecule is FC(F)N(N(C(F)F)C(F)(F)F)C(F)(F)F. The van der Waals surface area contributed by atoms with Crippen LogP contribution in [0.2, 0.25) is 0 Å². The molecule has 0 N–H and O–H groups in total. The number of hydrazine groups is 1. The summed E-state index contributed by atoms with van der Waals surface area (Å²) in [4.78, 5) is 0. The minimum absolute atomic E-state index is 2.70. The second kappa shape index (κ2) is 4.61. The van der Waals surface area contributed by atoms with Crippen molar-refractivity contribution in [3.63, 3.8) is 0 Å². The first kappa shape index (κ1) is 15.2. The van der Waals surface area contributed by atoms with Gasteiger partial charge in [-0.3, -0.25) is 0 Å². The molecule has 0 fully saturated rings. The quantitative estimate of drug-likeness (QED) is 0.441. The van der Waals surface area contributed by atoms with Gasteiger partial charge in [0.1, 0.15) is 0 Å². The molecule has 0 aliphatic heterocycles. The predicted molar refractivity (Wildman–Crippen MR) is 27.8 cm³/mol. The van der Waals surface area contributed by atoms with Gasteiger partial charge >= 0.3 is 25.7 Å². The van der Waals surface area contributed by atoms with E-state index < -0.39 is 35.7 Å². The topological polar surface area (TPSA) is 6.48 Å².